The maximum atomic E-state index is 14.2. The predicted molar refractivity (Wildman–Crippen MR) is 313 cm³/mol. The van der Waals surface area contributed by atoms with Gasteiger partial charge in [-0.1, -0.05) is 103 Å². The minimum Gasteiger partial charge on any atom is -0.444 e. The summed E-state index contributed by atoms with van der Waals surface area (Å²) in [6.07, 6.45) is 15.2. The van der Waals surface area contributed by atoms with E-state index in [4.69, 9.17) is 27.9 Å². The number of nitrogens with zero attached hydrogens (tertiary/aromatic N) is 4. The molecule has 2 fully saturated rings. The molecule has 14 heteroatoms. The fraction of sp³-hybridized carbons (Fsp3) is 0.339. The summed E-state index contributed by atoms with van der Waals surface area (Å²) in [5.41, 5.74) is 6.05. The van der Waals surface area contributed by atoms with Gasteiger partial charge in [0.2, 0.25) is 0 Å². The van der Waals surface area contributed by atoms with E-state index in [0.717, 1.165) is 118 Å². The third-order valence-electron chi connectivity index (χ3n) is 14.2. The van der Waals surface area contributed by atoms with Crippen LogP contribution in [0, 0.1) is 0 Å². The normalized spacial score (nSPS) is 17.6. The van der Waals surface area contributed by atoms with Gasteiger partial charge in [0.1, 0.15) is 15.4 Å². The molecule has 10 rings (SSSR count). The van der Waals surface area contributed by atoms with Crippen molar-refractivity contribution in [2.75, 3.05) is 6.54 Å². The molecule has 0 bridgehead atoms. The van der Waals surface area contributed by atoms with Crippen molar-refractivity contribution in [3.05, 3.63) is 177 Å². The van der Waals surface area contributed by atoms with E-state index in [1.165, 1.54) is 22.7 Å². The Morgan fingerprint density at radius 3 is 1.43 bits per heavy atom. The Labute approximate surface area is 464 Å². The number of ether oxygens (including phenoxy) is 1. The van der Waals surface area contributed by atoms with Gasteiger partial charge in [-0.05, 0) is 167 Å². The summed E-state index contributed by atoms with van der Waals surface area (Å²) < 4.78 is 7.50. The fourth-order valence-corrected chi connectivity index (χ4v) is 13.4. The number of alkyl carbamates (subject to hydrolysis) is 1. The van der Waals surface area contributed by atoms with Crippen LogP contribution in [0.2, 0.25) is 10.0 Å². The molecule has 4 aromatic carbocycles. The van der Waals surface area contributed by atoms with E-state index >= 15 is 0 Å². The first-order valence-electron chi connectivity index (χ1n) is 26.5. The summed E-state index contributed by atoms with van der Waals surface area (Å²) in [7, 11) is 0. The Morgan fingerprint density at radius 1 is 0.579 bits per heavy atom. The highest BCUT2D eigenvalue weighted by atomic mass is 35.5. The predicted octanol–water partition coefficient (Wildman–Crippen LogP) is 15.7. The van der Waals surface area contributed by atoms with Gasteiger partial charge in [0.15, 0.2) is 0 Å². The van der Waals surface area contributed by atoms with Crippen molar-refractivity contribution in [3.8, 4) is 22.3 Å². The van der Waals surface area contributed by atoms with E-state index in [0.29, 0.717) is 38.9 Å². The lowest BCUT2D eigenvalue weighted by Crippen LogP contribution is -2.46. The summed E-state index contributed by atoms with van der Waals surface area (Å²) in [5.74, 6) is -0.00968. The van der Waals surface area contributed by atoms with Crippen LogP contribution in [0.4, 0.5) is 4.79 Å². The number of fused-ring (bicyclic) bond motifs is 2. The summed E-state index contributed by atoms with van der Waals surface area (Å²) >= 11 is 16.5. The van der Waals surface area contributed by atoms with Gasteiger partial charge in [0.25, 0.3) is 11.8 Å². The first-order chi connectivity index (χ1) is 36.8. The Kier molecular flexibility index (Phi) is 18.2. The second-order valence-electron chi connectivity index (χ2n) is 20.8. The molecule has 0 unspecified atom stereocenters. The molecule has 0 aliphatic heterocycles. The number of halogens is 2. The number of nitrogens with one attached hydrogen (secondary N) is 2. The van der Waals surface area contributed by atoms with Crippen LogP contribution in [0.5, 0.6) is 0 Å². The van der Waals surface area contributed by atoms with Gasteiger partial charge in [-0.2, -0.15) is 0 Å². The lowest BCUT2D eigenvalue weighted by Gasteiger charge is -2.37. The molecule has 4 heterocycles. The molecule has 0 radical (unpaired) electrons. The standard InChI is InChI=1S/C32H34ClN3O3S.C30H32ClN3OS/c1-32(2,3)39-31(38)35-24-11-13-25(14-12-24)36(30(37)29-28(33)26-9-4-5-10-27(26)40-29)20-21-7-6-8-23(19-21)22-15-17-34-18-16-22;1-2-16-33-24-10-12-25(13-11-24)34(30(35)29-28(31)26-8-3-4-9-27(26)36-29)20-21-6-5-7-23(19-21)22-14-17-32-18-15-22/h4-10,15-19,24-25H,11-14,20H2,1-3H3,(H,35,38);3-9,14-15,17-19,24-25,33H,2,10-13,16,20H2,1H3. The maximum Gasteiger partial charge on any atom is 0.407 e. The summed E-state index contributed by atoms with van der Waals surface area (Å²) in [5, 5.41) is 9.63. The molecule has 2 saturated carbocycles. The molecule has 4 aromatic heterocycles. The summed E-state index contributed by atoms with van der Waals surface area (Å²) in [4.78, 5) is 54.1. The molecule has 2 aliphatic rings. The number of benzene rings is 4. The Bertz CT molecular complexity index is 3240. The third-order valence-corrected chi connectivity index (χ3v) is 17.6. The third kappa shape index (κ3) is 13.7. The van der Waals surface area contributed by atoms with Crippen molar-refractivity contribution in [2.45, 2.75) is 128 Å². The molecule has 3 amide bonds. The minimum atomic E-state index is -0.543. The molecule has 0 spiro atoms. The number of pyridine rings is 2. The van der Waals surface area contributed by atoms with Crippen molar-refractivity contribution in [1.82, 2.24) is 30.4 Å². The zero-order chi connectivity index (χ0) is 53.2. The lowest BCUT2D eigenvalue weighted by atomic mass is 9.89. The quantitative estimate of drug-likeness (QED) is 0.111. The Balaban J connectivity index is 0.000000187. The van der Waals surface area contributed by atoms with Gasteiger partial charge >= 0.3 is 6.09 Å². The molecule has 0 atom stereocenters. The first-order valence-corrected chi connectivity index (χ1v) is 28.9. The molecule has 0 saturated heterocycles. The molecule has 76 heavy (non-hydrogen) atoms. The number of thiophene rings is 2. The van der Waals surface area contributed by atoms with Gasteiger partial charge in [-0.25, -0.2) is 4.79 Å². The largest absolute Gasteiger partial charge is 0.444 e. The number of hydrogen-bond acceptors (Lipinski definition) is 9. The second-order valence-corrected chi connectivity index (χ2v) is 23.7. The maximum absolute atomic E-state index is 14.2. The van der Waals surface area contributed by atoms with Crippen LogP contribution < -0.4 is 10.6 Å². The van der Waals surface area contributed by atoms with Gasteiger partial charge in [-0.3, -0.25) is 19.6 Å². The monoisotopic (exact) mass is 1090 g/mol. The van der Waals surface area contributed by atoms with Crippen molar-refractivity contribution in [1.29, 1.82) is 0 Å². The van der Waals surface area contributed by atoms with Crippen LogP contribution in [0.15, 0.2) is 146 Å². The molecule has 2 aliphatic carbocycles. The Morgan fingerprint density at radius 2 is 1.01 bits per heavy atom. The second kappa shape index (κ2) is 25.3. The van der Waals surface area contributed by atoms with Crippen LogP contribution in [-0.4, -0.2) is 74.0 Å². The number of carbonyl (C=O) groups excluding carboxylic acids is 3. The molecular formula is C62H66Cl2N6O4S2. The average molecular weight is 1090 g/mol. The molecule has 8 aromatic rings. The van der Waals surface area contributed by atoms with Crippen molar-refractivity contribution < 1.29 is 19.1 Å². The average Bonchev–Trinajstić information content (AvgIpc) is 3.99. The van der Waals surface area contributed by atoms with E-state index in [-0.39, 0.29) is 29.9 Å². The van der Waals surface area contributed by atoms with Crippen LogP contribution in [0.3, 0.4) is 0 Å². The number of aromatic nitrogens is 2. The number of hydrogen-bond donors (Lipinski definition) is 2. The van der Waals surface area contributed by atoms with Gasteiger partial charge < -0.3 is 25.2 Å². The molecule has 2 N–H and O–H groups in total. The van der Waals surface area contributed by atoms with E-state index < -0.39 is 11.7 Å². The topological polar surface area (TPSA) is 117 Å². The molecule has 394 valence electrons. The summed E-state index contributed by atoms with van der Waals surface area (Å²) in [6, 6.07) is 41.4. The van der Waals surface area contributed by atoms with Gasteiger partial charge in [0, 0.05) is 82.2 Å². The highest BCUT2D eigenvalue weighted by molar-refractivity contribution is 7.22. The molecule has 10 nitrogen and oxygen atoms in total. The van der Waals surface area contributed by atoms with Gasteiger partial charge in [0.05, 0.1) is 10.0 Å². The van der Waals surface area contributed by atoms with E-state index in [1.54, 1.807) is 12.4 Å². The zero-order valence-corrected chi connectivity index (χ0v) is 46.8. The summed E-state index contributed by atoms with van der Waals surface area (Å²) in [6.45, 7) is 9.86. The van der Waals surface area contributed by atoms with Crippen LogP contribution >= 0.6 is 45.9 Å². The minimum absolute atomic E-state index is 0.0194. The highest BCUT2D eigenvalue weighted by Crippen LogP contribution is 2.40. The van der Waals surface area contributed by atoms with Crippen LogP contribution in [-0.2, 0) is 17.8 Å². The van der Waals surface area contributed by atoms with Crippen molar-refractivity contribution in [2.24, 2.45) is 0 Å². The van der Waals surface area contributed by atoms with E-state index in [2.05, 4.69) is 74.9 Å². The first kappa shape index (κ1) is 54.6. The molecular weight excluding hydrogens is 1030 g/mol. The van der Waals surface area contributed by atoms with Crippen LogP contribution in [0.25, 0.3) is 42.4 Å². The number of carbonyl (C=O) groups is 3. The van der Waals surface area contributed by atoms with Crippen molar-refractivity contribution in [3.63, 3.8) is 0 Å². The lowest BCUT2D eigenvalue weighted by molar-refractivity contribution is 0.0454. The number of rotatable bonds is 14. The van der Waals surface area contributed by atoms with Crippen molar-refractivity contribution >= 4 is 84.0 Å². The SMILES string of the molecule is CC(C)(C)OC(=O)NC1CCC(N(Cc2cccc(-c3ccncc3)c2)C(=O)c2sc3ccccc3c2Cl)CC1.CCCNC1CCC(N(Cc2cccc(-c3ccncc3)c2)C(=O)c2sc3ccccc3c2Cl)CC1. The van der Waals surface area contributed by atoms with E-state index in [9.17, 15) is 14.4 Å². The highest BCUT2D eigenvalue weighted by Gasteiger charge is 2.34. The van der Waals surface area contributed by atoms with Gasteiger partial charge in [-0.15, -0.1) is 22.7 Å². The van der Waals surface area contributed by atoms with Crippen LogP contribution in [0.1, 0.15) is 116 Å². The van der Waals surface area contributed by atoms with E-state index in [1.807, 2.05) is 117 Å². The smallest absolute Gasteiger partial charge is 0.407 e. The zero-order valence-electron chi connectivity index (χ0n) is 43.6. The Hall–Kier alpha value is -6.15. The number of amides is 3. The fourth-order valence-electron chi connectivity index (χ4n) is 10.4.